The average molecular weight is 969 g/mol. The molecule has 16 nitrogen and oxygen atoms in total. The van der Waals surface area contributed by atoms with Crippen LogP contribution in [0.3, 0.4) is 0 Å². The number of aromatic amines is 1. The van der Waals surface area contributed by atoms with E-state index in [1.54, 1.807) is 74.8 Å². The molecule has 1 aliphatic rings. The predicted octanol–water partition coefficient (Wildman–Crippen LogP) is 8.11. The van der Waals surface area contributed by atoms with Crippen LogP contribution in [-0.2, 0) is 30.1 Å². The first-order chi connectivity index (χ1) is 32.5. The molecule has 4 aromatic heterocycles. The topological polar surface area (TPSA) is 243 Å². The van der Waals surface area contributed by atoms with Gasteiger partial charge in [-0.3, -0.25) is 0 Å². The number of primary sulfonamides is 1. The van der Waals surface area contributed by atoms with E-state index >= 15 is 0 Å². The highest BCUT2D eigenvalue weighted by Gasteiger charge is 2.28. The molecule has 346 valence electrons. The number of benzene rings is 5. The van der Waals surface area contributed by atoms with Crippen LogP contribution in [0.25, 0.3) is 66.6 Å². The SMILES string of the molecule is COc1ccccc1-c1c[nH]c2ncc(-c3ccc4c(c3)S(=O)(=O)NC(C)N4)cc12.COc1ccccc1-c1cn(S(=O)(=O)c2ccc(C)cc2)c2ncc(-c3ccc(N)c(S(N)(=O)=O)c3)cc12. The fourth-order valence-electron chi connectivity index (χ4n) is 8.14. The zero-order valence-corrected chi connectivity index (χ0v) is 39.4. The first-order valence-corrected chi connectivity index (χ1v) is 25.4. The Labute approximate surface area is 392 Å². The van der Waals surface area contributed by atoms with E-state index in [2.05, 4.69) is 25.0 Å². The van der Waals surface area contributed by atoms with E-state index in [0.717, 1.165) is 48.6 Å². The van der Waals surface area contributed by atoms with E-state index in [0.29, 0.717) is 39.1 Å². The molecule has 0 saturated heterocycles. The molecular weight excluding hydrogens is 925 g/mol. The summed E-state index contributed by atoms with van der Waals surface area (Å²) in [4.78, 5) is 12.4. The molecule has 0 aliphatic carbocycles. The number of para-hydroxylation sites is 2. The van der Waals surface area contributed by atoms with Gasteiger partial charge in [0.05, 0.1) is 36.7 Å². The van der Waals surface area contributed by atoms with Gasteiger partial charge < -0.3 is 25.5 Å². The molecular formula is C49H44N8O8S3. The van der Waals surface area contributed by atoms with Gasteiger partial charge in [-0.25, -0.2) is 44.3 Å². The van der Waals surface area contributed by atoms with Crippen LogP contribution in [0.4, 0.5) is 11.4 Å². The van der Waals surface area contributed by atoms with Gasteiger partial charge in [0, 0.05) is 68.9 Å². The Morgan fingerprint density at radius 2 is 1.29 bits per heavy atom. The number of nitrogens with one attached hydrogen (secondary N) is 3. The number of nitrogens with zero attached hydrogens (tertiary/aromatic N) is 3. The maximum Gasteiger partial charge on any atom is 0.269 e. The minimum Gasteiger partial charge on any atom is -0.496 e. The highest BCUT2D eigenvalue weighted by molar-refractivity contribution is 7.90. The highest BCUT2D eigenvalue weighted by atomic mass is 32.2. The quantitative estimate of drug-likeness (QED) is 0.0862. The van der Waals surface area contributed by atoms with Crippen molar-refractivity contribution in [1.82, 2.24) is 23.6 Å². The number of hydrogen-bond acceptors (Lipinski definition) is 12. The van der Waals surface area contributed by atoms with E-state index < -0.39 is 30.1 Å². The Bertz CT molecular complexity index is 3780. The van der Waals surface area contributed by atoms with Crippen LogP contribution in [-0.4, -0.2) is 64.6 Å². The van der Waals surface area contributed by atoms with Crippen molar-refractivity contribution in [2.45, 2.75) is 34.7 Å². The standard InChI is InChI=1S/C27H24N4O5S2.C22H20N4O3S/c1-17-7-10-20(11-8-17)38(34,35)31-16-23(21-5-3-4-6-25(21)36-2)22-13-19(15-30-27(22)31)18-9-12-24(28)26(14-18)37(29,32)33;1-13-25-19-8-7-14(10-21(19)30(27,28)26-13)15-9-17-18(12-24-22(17)23-11-15)16-5-3-4-6-20(16)29-2/h3-16H,28H2,1-2H3,(H2,29,32,33);3-13,25-26H,1-2H3,(H,23,24). The van der Waals surface area contributed by atoms with Gasteiger partial charge in [0.1, 0.15) is 26.9 Å². The summed E-state index contributed by atoms with van der Waals surface area (Å²) in [6.45, 7) is 3.64. The lowest BCUT2D eigenvalue weighted by atomic mass is 10.0. The summed E-state index contributed by atoms with van der Waals surface area (Å²) in [5.74, 6) is 1.32. The summed E-state index contributed by atoms with van der Waals surface area (Å²) < 4.78 is 91.4. The second kappa shape index (κ2) is 17.6. The van der Waals surface area contributed by atoms with Crippen LogP contribution in [0.5, 0.6) is 11.5 Å². The van der Waals surface area contributed by atoms with Crippen molar-refractivity contribution in [1.29, 1.82) is 0 Å². The number of sulfonamides is 2. The van der Waals surface area contributed by atoms with Crippen molar-refractivity contribution in [2.75, 3.05) is 25.3 Å². The lowest BCUT2D eigenvalue weighted by Gasteiger charge is -2.25. The van der Waals surface area contributed by atoms with Gasteiger partial charge in [0.25, 0.3) is 10.0 Å². The monoisotopic (exact) mass is 968 g/mol. The minimum absolute atomic E-state index is 0.0235. The zero-order chi connectivity index (χ0) is 48.1. The number of methoxy groups -OCH3 is 2. The summed E-state index contributed by atoms with van der Waals surface area (Å²) in [6.07, 6.45) is 6.30. The molecule has 1 unspecified atom stereocenters. The van der Waals surface area contributed by atoms with Crippen molar-refractivity contribution in [3.63, 3.8) is 0 Å². The average Bonchev–Trinajstić information content (AvgIpc) is 3.93. The molecule has 0 bridgehead atoms. The van der Waals surface area contributed by atoms with Crippen LogP contribution in [0.1, 0.15) is 12.5 Å². The fourth-order valence-corrected chi connectivity index (χ4v) is 11.5. The molecule has 5 heterocycles. The molecule has 0 amide bonds. The summed E-state index contributed by atoms with van der Waals surface area (Å²) in [5.41, 5.74) is 14.2. The molecule has 5 aromatic carbocycles. The lowest BCUT2D eigenvalue weighted by molar-refractivity contribution is 0.416. The molecule has 19 heteroatoms. The van der Waals surface area contributed by atoms with Crippen LogP contribution < -0.4 is 30.4 Å². The number of hydrogen-bond donors (Lipinski definition) is 5. The Hall–Kier alpha value is -7.55. The number of rotatable bonds is 9. The van der Waals surface area contributed by atoms with Crippen molar-refractivity contribution in [3.8, 4) is 56.0 Å². The van der Waals surface area contributed by atoms with Crippen LogP contribution in [0, 0.1) is 6.92 Å². The molecule has 0 spiro atoms. The van der Waals surface area contributed by atoms with Gasteiger partial charge in [-0.15, -0.1) is 0 Å². The largest absolute Gasteiger partial charge is 0.496 e. The summed E-state index contributed by atoms with van der Waals surface area (Å²) in [6, 6.07) is 35.2. The molecule has 1 aliphatic heterocycles. The number of nitrogen functional groups attached to an aromatic ring is 1. The molecule has 1 atom stereocenters. The zero-order valence-electron chi connectivity index (χ0n) is 36.9. The number of aryl methyl sites for hydroxylation is 1. The number of nitrogens with two attached hydrogens (primary N) is 2. The van der Waals surface area contributed by atoms with E-state index in [1.807, 2.05) is 67.7 Å². The summed E-state index contributed by atoms with van der Waals surface area (Å²) >= 11 is 0. The van der Waals surface area contributed by atoms with Gasteiger partial charge in [-0.05, 0) is 85.6 Å². The van der Waals surface area contributed by atoms with Crippen LogP contribution >= 0.6 is 0 Å². The molecule has 10 rings (SSSR count). The van der Waals surface area contributed by atoms with Gasteiger partial charge in [-0.2, -0.15) is 4.72 Å². The third-order valence-electron chi connectivity index (χ3n) is 11.5. The molecule has 0 radical (unpaired) electrons. The molecule has 68 heavy (non-hydrogen) atoms. The van der Waals surface area contributed by atoms with Crippen molar-refractivity contribution < 1.29 is 34.7 Å². The Morgan fingerprint density at radius 3 is 1.96 bits per heavy atom. The van der Waals surface area contributed by atoms with Gasteiger partial charge >= 0.3 is 0 Å². The maximum atomic E-state index is 13.7. The van der Waals surface area contributed by atoms with Gasteiger partial charge in [-0.1, -0.05) is 66.2 Å². The number of pyridine rings is 2. The van der Waals surface area contributed by atoms with E-state index in [4.69, 9.17) is 20.3 Å². The third kappa shape index (κ3) is 8.52. The molecule has 0 saturated carbocycles. The predicted molar refractivity (Wildman–Crippen MR) is 264 cm³/mol. The van der Waals surface area contributed by atoms with Gasteiger partial charge in [0.2, 0.25) is 20.0 Å². The highest BCUT2D eigenvalue weighted by Crippen LogP contribution is 2.40. The number of fused-ring (bicyclic) bond motifs is 3. The number of anilines is 2. The molecule has 0 fully saturated rings. The normalized spacial score (nSPS) is 14.4. The summed E-state index contributed by atoms with van der Waals surface area (Å²) in [7, 11) is -8.45. The molecule has 9 aromatic rings. The minimum atomic E-state index is -4.06. The molecule has 7 N–H and O–H groups in total. The van der Waals surface area contributed by atoms with E-state index in [-0.39, 0.29) is 32.2 Å². The second-order valence-electron chi connectivity index (χ2n) is 16.0. The van der Waals surface area contributed by atoms with Crippen molar-refractivity contribution >= 4 is 63.5 Å². The Morgan fingerprint density at radius 1 is 0.691 bits per heavy atom. The van der Waals surface area contributed by atoms with Crippen molar-refractivity contribution in [3.05, 3.63) is 152 Å². The van der Waals surface area contributed by atoms with Crippen LogP contribution in [0.15, 0.2) is 161 Å². The Kier molecular flexibility index (Phi) is 11.8. The van der Waals surface area contributed by atoms with Crippen LogP contribution in [0.2, 0.25) is 0 Å². The number of ether oxygens (including phenoxy) is 2. The lowest BCUT2D eigenvalue weighted by Crippen LogP contribution is -2.42. The number of H-pyrrole nitrogens is 1. The second-order valence-corrected chi connectivity index (χ2v) is 21.0. The third-order valence-corrected chi connectivity index (χ3v) is 15.7. The summed E-state index contributed by atoms with van der Waals surface area (Å²) in [5, 5.41) is 9.93. The van der Waals surface area contributed by atoms with E-state index in [1.165, 1.54) is 31.6 Å². The first-order valence-electron chi connectivity index (χ1n) is 20.9. The first kappa shape index (κ1) is 45.6. The number of aromatic nitrogens is 4. The Balaban J connectivity index is 0.000000174. The van der Waals surface area contributed by atoms with Crippen molar-refractivity contribution in [2.24, 2.45) is 5.14 Å². The maximum absolute atomic E-state index is 13.7. The smallest absolute Gasteiger partial charge is 0.269 e. The van der Waals surface area contributed by atoms with Gasteiger partial charge in [0.15, 0.2) is 5.65 Å². The fraction of sp³-hybridized carbons (Fsp3) is 0.102. The van der Waals surface area contributed by atoms with E-state index in [9.17, 15) is 25.3 Å².